The molecule has 2 amide bonds. The average molecular weight is 485 g/mol. The maximum atomic E-state index is 12.6. The van der Waals surface area contributed by atoms with Gasteiger partial charge in [0.25, 0.3) is 11.8 Å². The summed E-state index contributed by atoms with van der Waals surface area (Å²) in [6, 6.07) is 12.5. The summed E-state index contributed by atoms with van der Waals surface area (Å²) in [5.74, 6) is 5.32. The van der Waals surface area contributed by atoms with Crippen LogP contribution in [0.1, 0.15) is 29.7 Å². The number of aromatic nitrogens is 4. The molecule has 4 heterocycles. The molecule has 1 aliphatic heterocycles. The Morgan fingerprint density at radius 1 is 1.14 bits per heavy atom. The first kappa shape index (κ1) is 22.6. The van der Waals surface area contributed by atoms with Gasteiger partial charge in [0.15, 0.2) is 0 Å². The van der Waals surface area contributed by atoms with Crippen LogP contribution < -0.4 is 5.32 Å². The Kier molecular flexibility index (Phi) is 6.17. The molecular formula is C26H21ClN6O2. The minimum atomic E-state index is -0.249. The van der Waals surface area contributed by atoms with Crippen molar-refractivity contribution < 1.29 is 9.59 Å². The number of carbonyl (C=O) groups is 2. The topological polar surface area (TPSA) is 93.0 Å². The van der Waals surface area contributed by atoms with Gasteiger partial charge in [-0.05, 0) is 43.5 Å². The highest BCUT2D eigenvalue weighted by atomic mass is 35.5. The largest absolute Gasteiger partial charge is 0.330 e. The van der Waals surface area contributed by atoms with Gasteiger partial charge in [0.05, 0.1) is 16.6 Å². The highest BCUT2D eigenvalue weighted by Crippen LogP contribution is 2.35. The van der Waals surface area contributed by atoms with Crippen LogP contribution in [-0.2, 0) is 4.79 Å². The third kappa shape index (κ3) is 4.46. The van der Waals surface area contributed by atoms with Gasteiger partial charge in [-0.3, -0.25) is 19.3 Å². The van der Waals surface area contributed by atoms with Gasteiger partial charge in [0.2, 0.25) is 0 Å². The fourth-order valence-corrected chi connectivity index (χ4v) is 4.48. The zero-order valence-electron chi connectivity index (χ0n) is 18.9. The molecule has 0 radical (unpaired) electrons. The van der Waals surface area contributed by atoms with Crippen LogP contribution >= 0.6 is 11.6 Å². The lowest BCUT2D eigenvalue weighted by Gasteiger charge is -2.14. The Morgan fingerprint density at radius 3 is 2.71 bits per heavy atom. The van der Waals surface area contributed by atoms with Crippen LogP contribution in [0.25, 0.3) is 22.2 Å². The van der Waals surface area contributed by atoms with Crippen LogP contribution in [0.3, 0.4) is 0 Å². The molecular weight excluding hydrogens is 464 g/mol. The second-order valence-electron chi connectivity index (χ2n) is 8.13. The molecule has 8 nitrogen and oxygen atoms in total. The molecule has 35 heavy (non-hydrogen) atoms. The van der Waals surface area contributed by atoms with Crippen LogP contribution in [0, 0.1) is 11.8 Å². The van der Waals surface area contributed by atoms with E-state index in [-0.39, 0.29) is 17.9 Å². The number of hydrogen-bond acceptors (Lipinski definition) is 5. The van der Waals surface area contributed by atoms with Crippen LogP contribution in [0.4, 0.5) is 5.82 Å². The van der Waals surface area contributed by atoms with Gasteiger partial charge in [-0.1, -0.05) is 35.7 Å². The van der Waals surface area contributed by atoms with Crippen molar-refractivity contribution in [1.82, 2.24) is 24.6 Å². The first-order valence-electron chi connectivity index (χ1n) is 11.1. The molecule has 174 valence electrons. The SMILES string of the molecule is CC#CC(=O)N1CC[C@H](n2nc(-c3ccc(C(=O)Nc4ccccn4)cc3)c3cncc(Cl)c32)C1. The number of hydrogen-bond donors (Lipinski definition) is 1. The number of anilines is 1. The predicted molar refractivity (Wildman–Crippen MR) is 134 cm³/mol. The molecule has 0 unspecified atom stereocenters. The van der Waals surface area contributed by atoms with Crippen LogP contribution in [0.15, 0.2) is 61.1 Å². The first-order chi connectivity index (χ1) is 17.0. The van der Waals surface area contributed by atoms with Crippen molar-refractivity contribution in [3.05, 3.63) is 71.6 Å². The fourth-order valence-electron chi connectivity index (χ4n) is 4.24. The van der Waals surface area contributed by atoms with E-state index in [4.69, 9.17) is 16.7 Å². The van der Waals surface area contributed by atoms with Crippen molar-refractivity contribution in [3.8, 4) is 23.1 Å². The lowest BCUT2D eigenvalue weighted by atomic mass is 10.1. The zero-order valence-corrected chi connectivity index (χ0v) is 19.7. The summed E-state index contributed by atoms with van der Waals surface area (Å²) in [5.41, 5.74) is 2.82. The molecule has 1 aromatic carbocycles. The molecule has 1 aliphatic rings. The third-order valence-corrected chi connectivity index (χ3v) is 6.20. The Bertz CT molecular complexity index is 1470. The lowest BCUT2D eigenvalue weighted by molar-refractivity contribution is -0.124. The summed E-state index contributed by atoms with van der Waals surface area (Å²) in [6.45, 7) is 2.77. The third-order valence-electron chi connectivity index (χ3n) is 5.92. The van der Waals surface area contributed by atoms with Gasteiger partial charge in [-0.25, -0.2) is 4.98 Å². The Labute approximate surface area is 206 Å². The molecule has 0 aliphatic carbocycles. The minimum absolute atomic E-state index is 0.0304. The zero-order chi connectivity index (χ0) is 24.4. The number of rotatable bonds is 4. The highest BCUT2D eigenvalue weighted by molar-refractivity contribution is 6.35. The predicted octanol–water partition coefficient (Wildman–Crippen LogP) is 4.20. The summed E-state index contributed by atoms with van der Waals surface area (Å²) >= 11 is 6.55. The first-order valence-corrected chi connectivity index (χ1v) is 11.5. The number of benzene rings is 1. The number of pyridine rings is 2. The van der Waals surface area contributed by atoms with Crippen LogP contribution in [0.2, 0.25) is 5.02 Å². The average Bonchev–Trinajstić information content (AvgIpc) is 3.51. The van der Waals surface area contributed by atoms with E-state index in [1.54, 1.807) is 54.7 Å². The molecule has 1 saturated heterocycles. The molecule has 9 heteroatoms. The molecule has 0 saturated carbocycles. The van der Waals surface area contributed by atoms with Crippen molar-refractivity contribution in [2.75, 3.05) is 18.4 Å². The standard InChI is InChI=1S/C26H21ClN6O2/c1-2-5-23(34)32-13-11-19(16-32)33-25-20(14-28-15-21(25)27)24(31-33)17-7-9-18(10-8-17)26(35)30-22-6-3-4-12-29-22/h3-4,6-10,12,14-15,19H,11,13,16H2,1H3,(H,29,30,35)/t19-/m0/s1. The number of amides is 2. The number of halogens is 1. The fraction of sp³-hybridized carbons (Fsp3) is 0.192. The van der Waals surface area contributed by atoms with Crippen molar-refractivity contribution >= 4 is 40.1 Å². The van der Waals surface area contributed by atoms with Crippen molar-refractivity contribution in [1.29, 1.82) is 0 Å². The minimum Gasteiger partial charge on any atom is -0.330 e. The van der Waals surface area contributed by atoms with E-state index in [9.17, 15) is 9.59 Å². The van der Waals surface area contributed by atoms with Crippen molar-refractivity contribution in [2.24, 2.45) is 0 Å². The van der Waals surface area contributed by atoms with E-state index in [0.29, 0.717) is 35.2 Å². The van der Waals surface area contributed by atoms with Gasteiger partial charge >= 0.3 is 0 Å². The molecule has 0 spiro atoms. The summed E-state index contributed by atoms with van der Waals surface area (Å²) < 4.78 is 1.89. The van der Waals surface area contributed by atoms with E-state index < -0.39 is 0 Å². The summed E-state index contributed by atoms with van der Waals surface area (Å²) in [7, 11) is 0. The Morgan fingerprint density at radius 2 is 1.97 bits per heavy atom. The van der Waals surface area contributed by atoms with Gasteiger partial charge in [0.1, 0.15) is 11.5 Å². The molecule has 1 atom stereocenters. The molecule has 1 N–H and O–H groups in total. The van der Waals surface area contributed by atoms with Gasteiger partial charge < -0.3 is 10.2 Å². The second kappa shape index (κ2) is 9.57. The van der Waals surface area contributed by atoms with E-state index in [2.05, 4.69) is 27.1 Å². The Balaban J connectivity index is 1.45. The number of nitrogens with zero attached hydrogens (tertiary/aromatic N) is 5. The molecule has 3 aromatic heterocycles. The molecule has 4 aromatic rings. The quantitative estimate of drug-likeness (QED) is 0.438. The number of carbonyl (C=O) groups excluding carboxylic acids is 2. The highest BCUT2D eigenvalue weighted by Gasteiger charge is 2.30. The van der Waals surface area contributed by atoms with Gasteiger partial charge in [0, 0.05) is 48.2 Å². The second-order valence-corrected chi connectivity index (χ2v) is 8.53. The van der Waals surface area contributed by atoms with Crippen LogP contribution in [0.5, 0.6) is 0 Å². The summed E-state index contributed by atoms with van der Waals surface area (Å²) in [5, 5.41) is 8.97. The van der Waals surface area contributed by atoms with Gasteiger partial charge in [-0.2, -0.15) is 5.10 Å². The normalized spacial score (nSPS) is 15.0. The maximum Gasteiger partial charge on any atom is 0.298 e. The van der Waals surface area contributed by atoms with Crippen LogP contribution in [-0.4, -0.2) is 49.6 Å². The Hall–Kier alpha value is -4.22. The van der Waals surface area contributed by atoms with E-state index in [1.807, 2.05) is 22.9 Å². The smallest absolute Gasteiger partial charge is 0.298 e. The monoisotopic (exact) mass is 484 g/mol. The summed E-state index contributed by atoms with van der Waals surface area (Å²) in [6.07, 6.45) is 5.70. The number of nitrogens with one attached hydrogen (secondary N) is 1. The van der Waals surface area contributed by atoms with E-state index in [0.717, 1.165) is 22.9 Å². The number of fused-ring (bicyclic) bond motifs is 1. The maximum absolute atomic E-state index is 12.6. The molecule has 0 bridgehead atoms. The van der Waals surface area contributed by atoms with E-state index in [1.165, 1.54) is 0 Å². The van der Waals surface area contributed by atoms with Crippen molar-refractivity contribution in [2.45, 2.75) is 19.4 Å². The number of likely N-dealkylation sites (tertiary alicyclic amines) is 1. The molecule has 1 fully saturated rings. The van der Waals surface area contributed by atoms with E-state index >= 15 is 0 Å². The van der Waals surface area contributed by atoms with Crippen molar-refractivity contribution in [3.63, 3.8) is 0 Å². The van der Waals surface area contributed by atoms with Gasteiger partial charge in [-0.15, -0.1) is 0 Å². The molecule has 5 rings (SSSR count). The summed E-state index contributed by atoms with van der Waals surface area (Å²) in [4.78, 5) is 34.9. The lowest BCUT2D eigenvalue weighted by Crippen LogP contribution is -2.27.